The minimum Gasteiger partial charge on any atom is -0.312 e. The van der Waals surface area contributed by atoms with Crippen LogP contribution in [0.2, 0.25) is 0 Å². The van der Waals surface area contributed by atoms with Gasteiger partial charge in [-0.1, -0.05) is 178 Å². The van der Waals surface area contributed by atoms with Gasteiger partial charge in [-0.05, 0) is 118 Å². The van der Waals surface area contributed by atoms with Gasteiger partial charge < -0.3 is 4.90 Å². The van der Waals surface area contributed by atoms with Crippen molar-refractivity contribution in [1.82, 2.24) is 0 Å². The first-order valence-electron chi connectivity index (χ1n) is 23.4. The van der Waals surface area contributed by atoms with Crippen LogP contribution in [-0.4, -0.2) is 70.6 Å². The van der Waals surface area contributed by atoms with Gasteiger partial charge in [-0.2, -0.15) is 0 Å². The smallest absolute Gasteiger partial charge is 0.142 e. The molecule has 0 atom stereocenters. The Hall–Kier alpha value is -6.90. The van der Waals surface area contributed by atoms with Gasteiger partial charge in [0.15, 0.2) is 0 Å². The van der Waals surface area contributed by atoms with E-state index in [1.54, 1.807) is 0 Å². The van der Waals surface area contributed by atoms with Crippen molar-refractivity contribution in [2.24, 2.45) is 0 Å². The third-order valence-electron chi connectivity index (χ3n) is 15.4. The lowest BCUT2D eigenvalue weighted by Gasteiger charge is -2.33. The molecule has 0 aliphatic heterocycles. The second-order valence-corrected chi connectivity index (χ2v) is 18.7. The minimum atomic E-state index is 1.12. The summed E-state index contributed by atoms with van der Waals surface area (Å²) in [6.45, 7) is 0. The lowest BCUT2D eigenvalue weighted by atomic mass is 9.59. The number of rotatable bonds is 6. The van der Waals surface area contributed by atoms with Crippen LogP contribution < -0.4 is 54.1 Å². The number of fused-ring (bicyclic) bond motifs is 7. The van der Waals surface area contributed by atoms with Gasteiger partial charge in [0.1, 0.15) is 70.6 Å². The van der Waals surface area contributed by atoms with Crippen molar-refractivity contribution in [2.75, 3.05) is 4.90 Å². The summed E-state index contributed by atoms with van der Waals surface area (Å²) in [6.07, 6.45) is 0. The fourth-order valence-electron chi connectivity index (χ4n) is 11.4. The molecule has 1 nitrogen and oxygen atoms in total. The van der Waals surface area contributed by atoms with Crippen LogP contribution in [0.15, 0.2) is 170 Å². The van der Waals surface area contributed by atoms with Crippen LogP contribution >= 0.6 is 0 Å². The summed E-state index contributed by atoms with van der Waals surface area (Å²) >= 11 is 0. The van der Waals surface area contributed by atoms with Gasteiger partial charge in [0.25, 0.3) is 0 Å². The second kappa shape index (κ2) is 16.2. The fraction of sp³-hybridized carbons (Fsp3) is 0. The predicted octanol–water partition coefficient (Wildman–Crippen LogP) is 0.249. The zero-order valence-corrected chi connectivity index (χ0v) is 39.6. The van der Waals surface area contributed by atoms with Crippen molar-refractivity contribution in [1.29, 1.82) is 0 Å². The van der Waals surface area contributed by atoms with E-state index in [1.807, 2.05) is 0 Å². The fourth-order valence-corrected chi connectivity index (χ4v) is 11.4. The number of hydrogen-bond acceptors (Lipinski definition) is 1. The van der Waals surface area contributed by atoms with E-state index in [4.69, 9.17) is 0 Å². The van der Waals surface area contributed by atoms with Crippen molar-refractivity contribution in [2.45, 2.75) is 0 Å². The summed E-state index contributed by atoms with van der Waals surface area (Å²) in [6, 6.07) is 62.9. The van der Waals surface area contributed by atoms with E-state index in [9.17, 15) is 0 Å². The molecule has 11 aromatic carbocycles. The average molecular weight is 830 g/mol. The Labute approximate surface area is 396 Å². The van der Waals surface area contributed by atoms with Crippen LogP contribution in [0.25, 0.3) is 87.2 Å². The molecule has 0 spiro atoms. The van der Waals surface area contributed by atoms with Crippen LogP contribution in [0.1, 0.15) is 0 Å². The first-order chi connectivity index (χ1) is 32.0. The standard InChI is InChI=1S/C56H46B9N/c57-47-43-44-46(49(59)48(58)45(43)50(60)54(64)53(47)63)51(61)55(65)56(52(44)62)66(33-23-21-31(22-24-33)36-20-10-15-29-13-4-6-16-35(29)36)34-25-26-40(41(28-34)30-11-2-1-3-12-30)42-27-32-14-5-7-17-37(32)38-18-8-9-19-39(38)42/h1-28H,57-65H2. The van der Waals surface area contributed by atoms with E-state index >= 15 is 0 Å². The van der Waals surface area contributed by atoms with Gasteiger partial charge in [0.2, 0.25) is 0 Å². The maximum atomic E-state index is 2.56. The molecule has 0 heterocycles. The third-order valence-corrected chi connectivity index (χ3v) is 15.4. The van der Waals surface area contributed by atoms with Crippen LogP contribution in [0.4, 0.5) is 17.1 Å². The van der Waals surface area contributed by atoms with Crippen LogP contribution in [0.3, 0.4) is 0 Å². The highest BCUT2D eigenvalue weighted by Gasteiger charge is 2.26. The molecular weight excluding hydrogens is 784 g/mol. The molecule has 11 rings (SSSR count). The van der Waals surface area contributed by atoms with Gasteiger partial charge in [0.05, 0.1) is 0 Å². The quantitative estimate of drug-likeness (QED) is 0.172. The van der Waals surface area contributed by atoms with Gasteiger partial charge in [0, 0.05) is 17.1 Å². The molecule has 0 saturated carbocycles. The lowest BCUT2D eigenvalue weighted by Crippen LogP contribution is -2.51. The molecule has 302 valence electrons. The topological polar surface area (TPSA) is 3.24 Å². The molecule has 0 saturated heterocycles. The molecule has 0 aromatic heterocycles. The highest BCUT2D eigenvalue weighted by molar-refractivity contribution is 6.74. The number of benzene rings is 11. The predicted molar refractivity (Wildman–Crippen MR) is 319 cm³/mol. The van der Waals surface area contributed by atoms with Crippen molar-refractivity contribution in [3.8, 4) is 33.4 Å². The first kappa shape index (κ1) is 41.8. The summed E-state index contributed by atoms with van der Waals surface area (Å²) in [4.78, 5) is 2.56. The molecular formula is C56H46B9N. The number of nitrogens with zero attached hydrogens (tertiary/aromatic N) is 1. The third kappa shape index (κ3) is 6.44. The van der Waals surface area contributed by atoms with E-state index in [2.05, 4.69) is 245 Å². The Bertz CT molecular complexity index is 3810. The van der Waals surface area contributed by atoms with Gasteiger partial charge in [-0.25, -0.2) is 0 Å². The molecule has 0 aliphatic rings. The molecule has 0 fully saturated rings. The largest absolute Gasteiger partial charge is 0.312 e. The van der Waals surface area contributed by atoms with Crippen molar-refractivity contribution in [3.63, 3.8) is 0 Å². The Balaban J connectivity index is 1.22. The molecule has 0 amide bonds. The molecule has 10 heteroatoms. The molecule has 0 radical (unpaired) electrons. The van der Waals surface area contributed by atoms with Gasteiger partial charge >= 0.3 is 0 Å². The van der Waals surface area contributed by atoms with Gasteiger partial charge in [-0.3, -0.25) is 0 Å². The molecule has 0 bridgehead atoms. The summed E-state index contributed by atoms with van der Waals surface area (Å²) in [5.74, 6) is 0. The minimum absolute atomic E-state index is 1.12. The molecule has 0 aliphatic carbocycles. The Morgan fingerprint density at radius 3 is 1.45 bits per heavy atom. The highest BCUT2D eigenvalue weighted by atomic mass is 15.1. The molecule has 0 unspecified atom stereocenters. The molecule has 11 aromatic rings. The van der Waals surface area contributed by atoms with Crippen LogP contribution in [0.5, 0.6) is 0 Å². The number of anilines is 3. The zero-order valence-electron chi connectivity index (χ0n) is 39.6. The average Bonchev–Trinajstić information content (AvgIpc) is 3.36. The van der Waals surface area contributed by atoms with E-state index in [0.29, 0.717) is 0 Å². The molecule has 0 N–H and O–H groups in total. The second-order valence-electron chi connectivity index (χ2n) is 18.7. The van der Waals surface area contributed by atoms with Crippen molar-refractivity contribution < 1.29 is 0 Å². The monoisotopic (exact) mass is 831 g/mol. The van der Waals surface area contributed by atoms with E-state index in [0.717, 1.165) is 11.4 Å². The van der Waals surface area contributed by atoms with Crippen molar-refractivity contribution in [3.05, 3.63) is 170 Å². The zero-order chi connectivity index (χ0) is 45.5. The van der Waals surface area contributed by atoms with Crippen molar-refractivity contribution >= 4 is 191 Å². The van der Waals surface area contributed by atoms with E-state index < -0.39 is 0 Å². The maximum absolute atomic E-state index is 2.56. The molecule has 66 heavy (non-hydrogen) atoms. The lowest BCUT2D eigenvalue weighted by molar-refractivity contribution is 1.31. The Morgan fingerprint density at radius 2 is 0.758 bits per heavy atom. The summed E-state index contributed by atoms with van der Waals surface area (Å²) in [5.41, 5.74) is 23.0. The van der Waals surface area contributed by atoms with Crippen LogP contribution in [-0.2, 0) is 0 Å². The van der Waals surface area contributed by atoms with Crippen LogP contribution in [0, 0.1) is 0 Å². The van der Waals surface area contributed by atoms with E-state index in [-0.39, 0.29) is 0 Å². The Kier molecular flexibility index (Phi) is 10.3. The highest BCUT2D eigenvalue weighted by Crippen LogP contribution is 2.44. The Morgan fingerprint density at radius 1 is 0.258 bits per heavy atom. The first-order valence-corrected chi connectivity index (χ1v) is 23.4. The summed E-state index contributed by atoms with van der Waals surface area (Å²) < 4.78 is 0. The van der Waals surface area contributed by atoms with E-state index in [1.165, 1.54) is 142 Å². The summed E-state index contributed by atoms with van der Waals surface area (Å²) in [5, 5.41) is 13.1. The number of hydrogen-bond donors (Lipinski definition) is 0. The maximum Gasteiger partial charge on any atom is 0.142 e. The SMILES string of the molecule is Bc1c(B)c(B)c2c(c1B)c(B)c(B)c1c(B)c(B)c(N(c3ccc(-c4cccc5ccccc45)cc3)c3ccc(-c4cc5ccccc5c5ccccc45)c(-c4ccccc4)c3)c(B)c12. The normalized spacial score (nSPS) is 11.6. The van der Waals surface area contributed by atoms with Gasteiger partial charge in [-0.15, -0.1) is 10.9 Å². The summed E-state index contributed by atoms with van der Waals surface area (Å²) in [7, 11) is 21.0.